The average Bonchev–Trinajstić information content (AvgIpc) is 2.61. The predicted molar refractivity (Wildman–Crippen MR) is 108 cm³/mol. The quantitative estimate of drug-likeness (QED) is 0.563. The van der Waals surface area contributed by atoms with Crippen molar-refractivity contribution in [3.05, 3.63) is 69.3 Å². The second-order valence-corrected chi connectivity index (χ2v) is 8.53. The van der Waals surface area contributed by atoms with Gasteiger partial charge in [-0.15, -0.1) is 0 Å². The Bertz CT molecular complexity index is 987. The van der Waals surface area contributed by atoms with E-state index in [0.717, 1.165) is 21.7 Å². The van der Waals surface area contributed by atoms with E-state index in [2.05, 4.69) is 5.32 Å². The molecular formula is C19H23N3O5S. The van der Waals surface area contributed by atoms with Gasteiger partial charge in [0.25, 0.3) is 5.69 Å². The first-order valence-electron chi connectivity index (χ1n) is 8.58. The van der Waals surface area contributed by atoms with Crippen molar-refractivity contribution < 1.29 is 18.1 Å². The highest BCUT2D eigenvalue weighted by atomic mass is 32.2. The molecular weight excluding hydrogens is 382 g/mol. The van der Waals surface area contributed by atoms with Crippen molar-refractivity contribution in [3.8, 4) is 0 Å². The number of non-ortho nitro benzene ring substituents is 1. The van der Waals surface area contributed by atoms with Gasteiger partial charge in [-0.25, -0.2) is 8.42 Å². The molecule has 0 aliphatic rings. The number of anilines is 1. The van der Waals surface area contributed by atoms with Crippen LogP contribution in [0.25, 0.3) is 0 Å². The maximum absolute atomic E-state index is 12.6. The van der Waals surface area contributed by atoms with Crippen molar-refractivity contribution in [1.82, 2.24) is 5.32 Å². The molecule has 1 unspecified atom stereocenters. The van der Waals surface area contributed by atoms with E-state index >= 15 is 0 Å². The average molecular weight is 405 g/mol. The summed E-state index contributed by atoms with van der Waals surface area (Å²) in [5.74, 6) is -0.503. The third-order valence-corrected chi connectivity index (χ3v) is 5.54. The summed E-state index contributed by atoms with van der Waals surface area (Å²) >= 11 is 0. The Hall–Kier alpha value is -2.94. The number of nitrogens with zero attached hydrogens (tertiary/aromatic N) is 2. The smallest absolute Gasteiger partial charge is 0.271 e. The van der Waals surface area contributed by atoms with Crippen molar-refractivity contribution >= 4 is 27.3 Å². The number of nitro groups is 1. The van der Waals surface area contributed by atoms with Gasteiger partial charge in [-0.05, 0) is 31.9 Å². The number of amides is 1. The summed E-state index contributed by atoms with van der Waals surface area (Å²) in [5.41, 5.74) is 2.34. The fourth-order valence-corrected chi connectivity index (χ4v) is 4.00. The van der Waals surface area contributed by atoms with Gasteiger partial charge in [0, 0.05) is 18.7 Å². The molecule has 0 heterocycles. The molecule has 0 saturated heterocycles. The Labute approximate surface area is 164 Å². The standard InChI is InChI=1S/C19H23N3O5S/c1-13-5-8-16(9-6-13)12-20-19(23)15(3)21(28(4,26)27)18-11-17(22(24)25)10-7-14(18)2/h5-11,15H,12H2,1-4H3,(H,20,23). The Morgan fingerprint density at radius 2 is 1.79 bits per heavy atom. The lowest BCUT2D eigenvalue weighted by atomic mass is 10.1. The third-order valence-electron chi connectivity index (χ3n) is 4.32. The molecule has 150 valence electrons. The molecule has 8 nitrogen and oxygen atoms in total. The van der Waals surface area contributed by atoms with Gasteiger partial charge in [-0.3, -0.25) is 19.2 Å². The molecule has 0 aliphatic heterocycles. The highest BCUT2D eigenvalue weighted by molar-refractivity contribution is 7.92. The van der Waals surface area contributed by atoms with Crippen molar-refractivity contribution in [2.75, 3.05) is 10.6 Å². The molecule has 1 N–H and O–H groups in total. The first-order valence-corrected chi connectivity index (χ1v) is 10.4. The van der Waals surface area contributed by atoms with E-state index in [0.29, 0.717) is 5.56 Å². The Morgan fingerprint density at radius 1 is 1.18 bits per heavy atom. The van der Waals surface area contributed by atoms with Crippen LogP contribution in [0.4, 0.5) is 11.4 Å². The molecule has 0 bridgehead atoms. The molecule has 1 amide bonds. The summed E-state index contributed by atoms with van der Waals surface area (Å²) in [6.45, 7) is 5.28. The molecule has 28 heavy (non-hydrogen) atoms. The third kappa shape index (κ3) is 5.07. The zero-order chi connectivity index (χ0) is 21.1. The fourth-order valence-electron chi connectivity index (χ4n) is 2.77. The van der Waals surface area contributed by atoms with Gasteiger partial charge in [0.15, 0.2) is 0 Å². The zero-order valence-corrected chi connectivity index (χ0v) is 17.0. The highest BCUT2D eigenvalue weighted by Gasteiger charge is 2.31. The number of benzene rings is 2. The Balaban J connectivity index is 2.30. The molecule has 0 spiro atoms. The first-order chi connectivity index (χ1) is 13.0. The van der Waals surface area contributed by atoms with E-state index in [9.17, 15) is 23.3 Å². The topological polar surface area (TPSA) is 110 Å². The van der Waals surface area contributed by atoms with Gasteiger partial charge in [0.05, 0.1) is 16.9 Å². The van der Waals surface area contributed by atoms with Crippen LogP contribution in [0.2, 0.25) is 0 Å². The normalized spacial score (nSPS) is 12.3. The zero-order valence-electron chi connectivity index (χ0n) is 16.2. The van der Waals surface area contributed by atoms with Gasteiger partial charge >= 0.3 is 0 Å². The fraction of sp³-hybridized carbons (Fsp3) is 0.316. The molecule has 0 saturated carbocycles. The van der Waals surface area contributed by atoms with Crippen LogP contribution in [-0.4, -0.2) is 31.5 Å². The maximum Gasteiger partial charge on any atom is 0.271 e. The number of nitro benzene ring substituents is 1. The summed E-state index contributed by atoms with van der Waals surface area (Å²) < 4.78 is 25.7. The minimum atomic E-state index is -3.87. The highest BCUT2D eigenvalue weighted by Crippen LogP contribution is 2.29. The number of carbonyl (C=O) groups is 1. The van der Waals surface area contributed by atoms with E-state index in [4.69, 9.17) is 0 Å². The lowest BCUT2D eigenvalue weighted by molar-refractivity contribution is -0.384. The van der Waals surface area contributed by atoms with Crippen LogP contribution in [0.15, 0.2) is 42.5 Å². The van der Waals surface area contributed by atoms with Crippen LogP contribution in [0.1, 0.15) is 23.6 Å². The number of hydrogen-bond acceptors (Lipinski definition) is 5. The van der Waals surface area contributed by atoms with Gasteiger partial charge < -0.3 is 5.32 Å². The lowest BCUT2D eigenvalue weighted by Crippen LogP contribution is -2.48. The van der Waals surface area contributed by atoms with Crippen LogP contribution >= 0.6 is 0 Å². The van der Waals surface area contributed by atoms with Crippen molar-refractivity contribution in [1.29, 1.82) is 0 Å². The first kappa shape index (κ1) is 21.4. The summed E-state index contributed by atoms with van der Waals surface area (Å²) in [6.07, 6.45) is 0.967. The predicted octanol–water partition coefficient (Wildman–Crippen LogP) is 2.68. The minimum absolute atomic E-state index is 0.106. The molecule has 9 heteroatoms. The summed E-state index contributed by atoms with van der Waals surface area (Å²) in [7, 11) is -3.87. The van der Waals surface area contributed by atoms with E-state index < -0.39 is 26.9 Å². The van der Waals surface area contributed by atoms with Crippen LogP contribution in [-0.2, 0) is 21.4 Å². The van der Waals surface area contributed by atoms with Crippen molar-refractivity contribution in [2.45, 2.75) is 33.4 Å². The van der Waals surface area contributed by atoms with Crippen LogP contribution in [0.5, 0.6) is 0 Å². The number of carbonyl (C=O) groups excluding carboxylic acids is 1. The SMILES string of the molecule is Cc1ccc(CNC(=O)C(C)N(c2cc([N+](=O)[O-])ccc2C)S(C)(=O)=O)cc1. The lowest BCUT2D eigenvalue weighted by Gasteiger charge is -2.29. The summed E-state index contributed by atoms with van der Waals surface area (Å²) in [6, 6.07) is 10.4. The summed E-state index contributed by atoms with van der Waals surface area (Å²) in [4.78, 5) is 23.1. The largest absolute Gasteiger partial charge is 0.350 e. The van der Waals surface area contributed by atoms with Crippen molar-refractivity contribution in [2.24, 2.45) is 0 Å². The monoisotopic (exact) mass is 405 g/mol. The van der Waals surface area contributed by atoms with E-state index in [1.165, 1.54) is 25.1 Å². The molecule has 1 atom stereocenters. The Kier molecular flexibility index (Phi) is 6.40. The number of aryl methyl sites for hydroxylation is 2. The number of hydrogen-bond donors (Lipinski definition) is 1. The second-order valence-electron chi connectivity index (χ2n) is 6.67. The van der Waals surface area contributed by atoms with Gasteiger partial charge in [0.2, 0.25) is 15.9 Å². The van der Waals surface area contributed by atoms with Gasteiger partial charge in [-0.1, -0.05) is 35.9 Å². The molecule has 2 rings (SSSR count). The Morgan fingerprint density at radius 3 is 2.32 bits per heavy atom. The molecule has 0 aromatic heterocycles. The van der Waals surface area contributed by atoms with E-state index in [1.54, 1.807) is 6.92 Å². The molecule has 0 radical (unpaired) electrons. The van der Waals surface area contributed by atoms with Gasteiger partial charge in [-0.2, -0.15) is 0 Å². The van der Waals surface area contributed by atoms with Gasteiger partial charge in [0.1, 0.15) is 6.04 Å². The number of rotatable bonds is 7. The molecule has 0 fully saturated rings. The summed E-state index contributed by atoms with van der Waals surface area (Å²) in [5, 5.41) is 13.8. The number of sulfonamides is 1. The van der Waals surface area contributed by atoms with Crippen LogP contribution in [0, 0.1) is 24.0 Å². The van der Waals surface area contributed by atoms with E-state index in [1.807, 2.05) is 31.2 Å². The number of nitrogens with one attached hydrogen (secondary N) is 1. The molecule has 2 aromatic carbocycles. The second kappa shape index (κ2) is 8.39. The van der Waals surface area contributed by atoms with E-state index in [-0.39, 0.29) is 17.9 Å². The molecule has 2 aromatic rings. The van der Waals surface area contributed by atoms with Crippen LogP contribution in [0.3, 0.4) is 0 Å². The van der Waals surface area contributed by atoms with Crippen molar-refractivity contribution in [3.63, 3.8) is 0 Å². The maximum atomic E-state index is 12.6. The van der Waals surface area contributed by atoms with Crippen LogP contribution < -0.4 is 9.62 Å². The minimum Gasteiger partial charge on any atom is -0.350 e. The molecule has 0 aliphatic carbocycles.